The Balaban J connectivity index is 2.95. The lowest BCUT2D eigenvalue weighted by Crippen LogP contribution is -1.72. The lowest BCUT2D eigenvalue weighted by atomic mass is 10.3. The highest BCUT2D eigenvalue weighted by Crippen LogP contribution is 2.19. The molecule has 0 aromatic carbocycles. The fourth-order valence-electron chi connectivity index (χ4n) is 0.944. The second-order valence-corrected chi connectivity index (χ2v) is 2.47. The molecule has 0 saturated heterocycles. The van der Waals surface area contributed by atoms with Crippen molar-refractivity contribution in [3.05, 3.63) is 29.7 Å². The topological polar surface area (TPSA) is 28.7 Å². The van der Waals surface area contributed by atoms with E-state index in [1.54, 1.807) is 12.4 Å². The summed E-state index contributed by atoms with van der Waals surface area (Å²) in [7, 11) is 0. The highest BCUT2D eigenvalue weighted by Gasteiger charge is 1.96. The van der Waals surface area contributed by atoms with Crippen LogP contribution in [0.4, 0.5) is 0 Å². The molecule has 0 atom stereocenters. The van der Waals surface area contributed by atoms with Gasteiger partial charge >= 0.3 is 0 Å². The number of H-pyrrole nitrogens is 1. The van der Waals surface area contributed by atoms with E-state index in [1.807, 2.05) is 12.3 Å². The van der Waals surface area contributed by atoms with Gasteiger partial charge in [0.25, 0.3) is 0 Å². The Labute approximate surface area is 62.8 Å². The third kappa shape index (κ3) is 0.693. The van der Waals surface area contributed by atoms with Crippen LogP contribution < -0.4 is 0 Å². The average molecular weight is 153 g/mol. The molecule has 0 spiro atoms. The molecule has 0 bridgehead atoms. The predicted molar refractivity (Wildman–Crippen MR) is 41.1 cm³/mol. The van der Waals surface area contributed by atoms with Crippen molar-refractivity contribution in [2.75, 3.05) is 0 Å². The summed E-state index contributed by atoms with van der Waals surface area (Å²) in [4.78, 5) is 6.93. The zero-order chi connectivity index (χ0) is 6.97. The minimum atomic E-state index is 0.693. The Morgan fingerprint density at radius 3 is 3.10 bits per heavy atom. The fourth-order valence-corrected chi connectivity index (χ4v) is 1.17. The van der Waals surface area contributed by atoms with Crippen LogP contribution in [-0.2, 0) is 0 Å². The maximum Gasteiger partial charge on any atom is 0.0683 e. The summed E-state index contributed by atoms with van der Waals surface area (Å²) in [6.45, 7) is 0. The number of pyridine rings is 1. The van der Waals surface area contributed by atoms with E-state index in [1.165, 1.54) is 0 Å². The van der Waals surface area contributed by atoms with E-state index >= 15 is 0 Å². The molecule has 3 heteroatoms. The van der Waals surface area contributed by atoms with Crippen molar-refractivity contribution in [3.8, 4) is 0 Å². The third-order valence-electron chi connectivity index (χ3n) is 1.43. The maximum absolute atomic E-state index is 5.82. The Morgan fingerprint density at radius 1 is 1.40 bits per heavy atom. The van der Waals surface area contributed by atoms with E-state index in [2.05, 4.69) is 9.97 Å². The van der Waals surface area contributed by atoms with Gasteiger partial charge < -0.3 is 4.98 Å². The Morgan fingerprint density at radius 2 is 2.30 bits per heavy atom. The SMILES string of the molecule is Clc1cncc2[nH]ccc12. The zero-order valence-corrected chi connectivity index (χ0v) is 5.89. The summed E-state index contributed by atoms with van der Waals surface area (Å²) in [5.41, 5.74) is 0.979. The first kappa shape index (κ1) is 5.74. The summed E-state index contributed by atoms with van der Waals surface area (Å²) >= 11 is 5.82. The van der Waals surface area contributed by atoms with Crippen LogP contribution in [0.2, 0.25) is 5.02 Å². The van der Waals surface area contributed by atoms with E-state index in [0.29, 0.717) is 5.02 Å². The lowest BCUT2D eigenvalue weighted by Gasteiger charge is -1.89. The van der Waals surface area contributed by atoms with Crippen LogP contribution in [-0.4, -0.2) is 9.97 Å². The van der Waals surface area contributed by atoms with E-state index in [4.69, 9.17) is 11.6 Å². The minimum Gasteiger partial charge on any atom is -0.360 e. The largest absolute Gasteiger partial charge is 0.360 e. The number of rotatable bonds is 0. The highest BCUT2D eigenvalue weighted by molar-refractivity contribution is 6.35. The summed E-state index contributed by atoms with van der Waals surface area (Å²) in [5.74, 6) is 0. The van der Waals surface area contributed by atoms with Crippen molar-refractivity contribution in [2.45, 2.75) is 0 Å². The van der Waals surface area contributed by atoms with Crippen LogP contribution in [0.15, 0.2) is 24.7 Å². The van der Waals surface area contributed by atoms with Gasteiger partial charge in [-0.25, -0.2) is 0 Å². The minimum absolute atomic E-state index is 0.693. The van der Waals surface area contributed by atoms with Crippen molar-refractivity contribution in [1.29, 1.82) is 0 Å². The highest BCUT2D eigenvalue weighted by atomic mass is 35.5. The van der Waals surface area contributed by atoms with Crippen molar-refractivity contribution in [1.82, 2.24) is 9.97 Å². The first-order valence-electron chi connectivity index (χ1n) is 2.94. The van der Waals surface area contributed by atoms with Gasteiger partial charge in [-0.3, -0.25) is 4.98 Å². The van der Waals surface area contributed by atoms with Gasteiger partial charge in [-0.2, -0.15) is 0 Å². The number of nitrogens with one attached hydrogen (secondary N) is 1. The van der Waals surface area contributed by atoms with Crippen LogP contribution in [0.1, 0.15) is 0 Å². The smallest absolute Gasteiger partial charge is 0.0683 e. The van der Waals surface area contributed by atoms with Gasteiger partial charge in [0, 0.05) is 17.8 Å². The second-order valence-electron chi connectivity index (χ2n) is 2.06. The molecule has 2 aromatic rings. The molecule has 0 aliphatic carbocycles. The van der Waals surface area contributed by atoms with Gasteiger partial charge in [0.2, 0.25) is 0 Å². The fraction of sp³-hybridized carbons (Fsp3) is 0. The first-order chi connectivity index (χ1) is 4.88. The van der Waals surface area contributed by atoms with Crippen molar-refractivity contribution in [3.63, 3.8) is 0 Å². The molecular weight excluding hydrogens is 148 g/mol. The standard InChI is InChI=1S/C7H5ClN2/c8-6-3-9-4-7-5(6)1-2-10-7/h1-4,10H. The molecule has 0 aliphatic heterocycles. The predicted octanol–water partition coefficient (Wildman–Crippen LogP) is 2.22. The lowest BCUT2D eigenvalue weighted by molar-refractivity contribution is 1.34. The Bertz CT molecular complexity index is 353. The van der Waals surface area contributed by atoms with Gasteiger partial charge in [-0.05, 0) is 6.07 Å². The molecule has 2 rings (SSSR count). The van der Waals surface area contributed by atoms with E-state index in [9.17, 15) is 0 Å². The summed E-state index contributed by atoms with van der Waals surface area (Å²) in [5, 5.41) is 1.72. The summed E-state index contributed by atoms with van der Waals surface area (Å²) in [6.07, 6.45) is 5.23. The molecule has 2 aromatic heterocycles. The molecule has 0 radical (unpaired) electrons. The van der Waals surface area contributed by atoms with Crippen LogP contribution in [0.3, 0.4) is 0 Å². The molecule has 0 unspecified atom stereocenters. The number of aromatic nitrogens is 2. The molecular formula is C7H5ClN2. The molecule has 50 valence electrons. The molecule has 0 fully saturated rings. The third-order valence-corrected chi connectivity index (χ3v) is 1.73. The summed E-state index contributed by atoms with van der Waals surface area (Å²) in [6, 6.07) is 1.93. The number of nitrogens with zero attached hydrogens (tertiary/aromatic N) is 1. The molecule has 0 saturated carbocycles. The van der Waals surface area contributed by atoms with Gasteiger partial charge in [0.1, 0.15) is 0 Å². The van der Waals surface area contributed by atoms with Crippen molar-refractivity contribution >= 4 is 22.5 Å². The van der Waals surface area contributed by atoms with Crippen LogP contribution >= 0.6 is 11.6 Å². The van der Waals surface area contributed by atoms with E-state index in [-0.39, 0.29) is 0 Å². The van der Waals surface area contributed by atoms with E-state index < -0.39 is 0 Å². The van der Waals surface area contributed by atoms with Crippen LogP contribution in [0.25, 0.3) is 10.9 Å². The monoisotopic (exact) mass is 152 g/mol. The average Bonchev–Trinajstić information content (AvgIpc) is 2.36. The zero-order valence-electron chi connectivity index (χ0n) is 5.13. The Kier molecular flexibility index (Phi) is 1.14. The molecule has 10 heavy (non-hydrogen) atoms. The van der Waals surface area contributed by atoms with Gasteiger partial charge in [-0.1, -0.05) is 11.6 Å². The number of hydrogen-bond donors (Lipinski definition) is 1. The second kappa shape index (κ2) is 1.99. The quantitative estimate of drug-likeness (QED) is 0.616. The van der Waals surface area contributed by atoms with E-state index in [0.717, 1.165) is 10.9 Å². The number of aromatic amines is 1. The number of hydrogen-bond acceptors (Lipinski definition) is 1. The molecule has 0 aliphatic rings. The van der Waals surface area contributed by atoms with Gasteiger partial charge in [-0.15, -0.1) is 0 Å². The maximum atomic E-state index is 5.82. The number of halogens is 1. The van der Waals surface area contributed by atoms with Crippen molar-refractivity contribution in [2.24, 2.45) is 0 Å². The first-order valence-corrected chi connectivity index (χ1v) is 3.32. The van der Waals surface area contributed by atoms with Gasteiger partial charge in [0.15, 0.2) is 0 Å². The normalized spacial score (nSPS) is 10.5. The Hall–Kier alpha value is -1.02. The molecule has 2 nitrogen and oxygen atoms in total. The molecule has 1 N–H and O–H groups in total. The molecule has 2 heterocycles. The van der Waals surface area contributed by atoms with Gasteiger partial charge in [0.05, 0.1) is 16.7 Å². The molecule has 0 amide bonds. The van der Waals surface area contributed by atoms with Crippen LogP contribution in [0, 0.1) is 0 Å². The summed E-state index contributed by atoms with van der Waals surface area (Å²) < 4.78 is 0. The van der Waals surface area contributed by atoms with Crippen molar-refractivity contribution < 1.29 is 0 Å². The van der Waals surface area contributed by atoms with Crippen LogP contribution in [0.5, 0.6) is 0 Å². The number of fused-ring (bicyclic) bond motifs is 1.